The van der Waals surface area contributed by atoms with Crippen LogP contribution < -0.4 is 5.32 Å². The zero-order valence-electron chi connectivity index (χ0n) is 16.8. The van der Waals surface area contributed by atoms with Gasteiger partial charge in [0.2, 0.25) is 5.91 Å². The molecule has 5 nitrogen and oxygen atoms in total. The third kappa shape index (κ3) is 4.74. The van der Waals surface area contributed by atoms with Crippen LogP contribution in [0.1, 0.15) is 29.9 Å². The van der Waals surface area contributed by atoms with Crippen molar-refractivity contribution in [1.82, 2.24) is 19.8 Å². The van der Waals surface area contributed by atoms with Crippen LogP contribution in [0.15, 0.2) is 48.5 Å². The van der Waals surface area contributed by atoms with Gasteiger partial charge in [-0.25, -0.2) is 4.98 Å². The molecule has 1 aliphatic rings. The lowest BCUT2D eigenvalue weighted by Gasteiger charge is -2.37. The second kappa shape index (κ2) is 10.1. The molecule has 1 atom stereocenters. The van der Waals surface area contributed by atoms with Crippen molar-refractivity contribution in [2.45, 2.75) is 32.9 Å². The van der Waals surface area contributed by atoms with Gasteiger partial charge in [0, 0.05) is 19.6 Å². The number of benzene rings is 2. The van der Waals surface area contributed by atoms with Gasteiger partial charge in [-0.05, 0) is 36.6 Å². The average molecular weight is 435 g/mol. The van der Waals surface area contributed by atoms with E-state index in [2.05, 4.69) is 41.5 Å². The summed E-state index contributed by atoms with van der Waals surface area (Å²) in [4.78, 5) is 19.8. The summed E-state index contributed by atoms with van der Waals surface area (Å²) in [5.41, 5.74) is 4.47. The maximum Gasteiger partial charge on any atom is 0.243 e. The van der Waals surface area contributed by atoms with E-state index in [1.54, 1.807) is 0 Å². The predicted molar refractivity (Wildman–Crippen MR) is 122 cm³/mol. The predicted octanol–water partition coefficient (Wildman–Crippen LogP) is 3.92. The monoisotopic (exact) mass is 434 g/mol. The number of fused-ring (bicyclic) bond motifs is 1. The van der Waals surface area contributed by atoms with E-state index in [-0.39, 0.29) is 36.8 Å². The average Bonchev–Trinajstić information content (AvgIpc) is 3.03. The number of rotatable bonds is 4. The van der Waals surface area contributed by atoms with Crippen molar-refractivity contribution < 1.29 is 4.79 Å². The Hall–Kier alpha value is -2.08. The Balaban J connectivity index is 0.00000150. The number of piperazine rings is 1. The maximum absolute atomic E-state index is 13.2. The molecule has 2 aromatic carbocycles. The van der Waals surface area contributed by atoms with Crippen molar-refractivity contribution >= 4 is 41.8 Å². The van der Waals surface area contributed by atoms with E-state index >= 15 is 0 Å². The largest absolute Gasteiger partial charge is 0.332 e. The van der Waals surface area contributed by atoms with Gasteiger partial charge in [0.25, 0.3) is 0 Å². The molecular weight excluding hydrogens is 407 g/mol. The normalized spacial score (nSPS) is 16.2. The molecule has 1 amide bonds. The van der Waals surface area contributed by atoms with E-state index in [1.165, 1.54) is 11.1 Å². The minimum Gasteiger partial charge on any atom is -0.332 e. The Morgan fingerprint density at radius 2 is 1.86 bits per heavy atom. The molecule has 1 aromatic heterocycles. The van der Waals surface area contributed by atoms with Crippen LogP contribution in [0.4, 0.5) is 0 Å². The Morgan fingerprint density at radius 3 is 2.59 bits per heavy atom. The number of amides is 1. The summed E-state index contributed by atoms with van der Waals surface area (Å²) in [6, 6.07) is 16.7. The number of imidazole rings is 1. The molecule has 1 unspecified atom stereocenters. The molecule has 0 aliphatic carbocycles. The van der Waals surface area contributed by atoms with Crippen molar-refractivity contribution in [3.05, 3.63) is 65.5 Å². The summed E-state index contributed by atoms with van der Waals surface area (Å²) in [7, 11) is 0. The highest BCUT2D eigenvalue weighted by Gasteiger charge is 2.28. The number of hydrogen-bond acceptors (Lipinski definition) is 3. The van der Waals surface area contributed by atoms with Crippen molar-refractivity contribution in [2.75, 3.05) is 19.6 Å². The number of aromatic nitrogens is 2. The fourth-order valence-electron chi connectivity index (χ4n) is 3.90. The van der Waals surface area contributed by atoms with Crippen molar-refractivity contribution in [2.24, 2.45) is 0 Å². The second-order valence-electron chi connectivity index (χ2n) is 7.14. The van der Waals surface area contributed by atoms with Crippen LogP contribution in [-0.2, 0) is 17.8 Å². The molecule has 1 aliphatic heterocycles. The Bertz CT molecular complexity index is 955. The van der Waals surface area contributed by atoms with Crippen molar-refractivity contribution in [3.8, 4) is 0 Å². The van der Waals surface area contributed by atoms with Crippen molar-refractivity contribution in [3.63, 3.8) is 0 Å². The number of aryl methyl sites for hydroxylation is 2. The molecule has 7 heteroatoms. The van der Waals surface area contributed by atoms with Gasteiger partial charge in [0.1, 0.15) is 12.4 Å². The fourth-order valence-corrected chi connectivity index (χ4v) is 3.90. The topological polar surface area (TPSA) is 50.2 Å². The van der Waals surface area contributed by atoms with Gasteiger partial charge in [-0.3, -0.25) is 4.79 Å². The molecule has 1 N–H and O–H groups in total. The Morgan fingerprint density at radius 1 is 1.14 bits per heavy atom. The van der Waals surface area contributed by atoms with Gasteiger partial charge < -0.3 is 14.8 Å². The summed E-state index contributed by atoms with van der Waals surface area (Å²) < 4.78 is 2.02. The lowest BCUT2D eigenvalue weighted by molar-refractivity contribution is -0.135. The van der Waals surface area contributed by atoms with E-state index in [1.807, 2.05) is 40.7 Å². The molecule has 2 heterocycles. The van der Waals surface area contributed by atoms with Gasteiger partial charge in [-0.2, -0.15) is 0 Å². The number of carbonyl (C=O) groups excluding carboxylic acids is 1. The lowest BCUT2D eigenvalue weighted by Crippen LogP contribution is -2.49. The van der Waals surface area contributed by atoms with Gasteiger partial charge in [0.05, 0.1) is 17.1 Å². The van der Waals surface area contributed by atoms with E-state index in [0.717, 1.165) is 42.9 Å². The van der Waals surface area contributed by atoms with E-state index in [4.69, 9.17) is 0 Å². The summed E-state index contributed by atoms with van der Waals surface area (Å²) >= 11 is 0. The van der Waals surface area contributed by atoms with Crippen LogP contribution in [0.5, 0.6) is 0 Å². The molecule has 0 bridgehead atoms. The van der Waals surface area contributed by atoms with E-state index < -0.39 is 0 Å². The van der Waals surface area contributed by atoms with Crippen LogP contribution in [-0.4, -0.2) is 40.0 Å². The van der Waals surface area contributed by atoms with Crippen LogP contribution >= 0.6 is 24.8 Å². The molecule has 0 saturated carbocycles. The summed E-state index contributed by atoms with van der Waals surface area (Å²) in [5.74, 6) is 1.02. The van der Waals surface area contributed by atoms with E-state index in [0.29, 0.717) is 6.54 Å². The Labute approximate surface area is 184 Å². The highest BCUT2D eigenvalue weighted by molar-refractivity contribution is 5.85. The summed E-state index contributed by atoms with van der Waals surface area (Å²) in [6.07, 6.45) is 1.03. The molecule has 3 aromatic rings. The number of nitrogens with one attached hydrogen (secondary N) is 1. The number of nitrogens with zero attached hydrogens (tertiary/aromatic N) is 3. The first-order chi connectivity index (χ1) is 13.2. The molecule has 0 spiro atoms. The molecule has 4 rings (SSSR count). The molecular formula is C22H28Cl2N4O. The second-order valence-corrected chi connectivity index (χ2v) is 7.14. The molecule has 29 heavy (non-hydrogen) atoms. The highest BCUT2D eigenvalue weighted by Crippen LogP contribution is 2.24. The standard InChI is InChI=1S/C22H26N4O.2ClH/c1-3-17-8-10-18(11-9-17)21-14-23-12-13-25(21)22(27)15-26-16(2)24-19-6-4-5-7-20(19)26;;/h4-11,21,23H,3,12-15H2,1-2H3;2*1H. The smallest absolute Gasteiger partial charge is 0.243 e. The summed E-state index contributed by atoms with van der Waals surface area (Å²) in [5, 5.41) is 3.43. The molecule has 1 fully saturated rings. The van der Waals surface area contributed by atoms with E-state index in [9.17, 15) is 4.79 Å². The molecule has 0 radical (unpaired) electrons. The number of para-hydroxylation sites is 2. The molecule has 1 saturated heterocycles. The highest BCUT2D eigenvalue weighted by atomic mass is 35.5. The van der Waals surface area contributed by atoms with Crippen molar-refractivity contribution in [1.29, 1.82) is 0 Å². The lowest BCUT2D eigenvalue weighted by atomic mass is 10.0. The third-order valence-corrected chi connectivity index (χ3v) is 5.48. The van der Waals surface area contributed by atoms with Gasteiger partial charge in [-0.1, -0.05) is 43.3 Å². The van der Waals surface area contributed by atoms with Crippen LogP contribution in [0.25, 0.3) is 11.0 Å². The zero-order valence-corrected chi connectivity index (χ0v) is 18.4. The minimum atomic E-state index is 0. The minimum absolute atomic E-state index is 0. The quantitative estimate of drug-likeness (QED) is 0.676. The van der Waals surface area contributed by atoms with Gasteiger partial charge in [-0.15, -0.1) is 24.8 Å². The van der Waals surface area contributed by atoms with Crippen LogP contribution in [0.3, 0.4) is 0 Å². The first kappa shape index (κ1) is 23.2. The number of hydrogen-bond donors (Lipinski definition) is 1. The first-order valence-corrected chi connectivity index (χ1v) is 9.68. The van der Waals surface area contributed by atoms with Crippen LogP contribution in [0, 0.1) is 6.92 Å². The zero-order chi connectivity index (χ0) is 18.8. The maximum atomic E-state index is 13.2. The first-order valence-electron chi connectivity index (χ1n) is 9.68. The van der Waals surface area contributed by atoms with Gasteiger partial charge >= 0.3 is 0 Å². The van der Waals surface area contributed by atoms with Crippen LogP contribution in [0.2, 0.25) is 0 Å². The third-order valence-electron chi connectivity index (χ3n) is 5.48. The van der Waals surface area contributed by atoms with Gasteiger partial charge in [0.15, 0.2) is 0 Å². The number of halogens is 2. The fraction of sp³-hybridized carbons (Fsp3) is 0.364. The Kier molecular flexibility index (Phi) is 8.08. The summed E-state index contributed by atoms with van der Waals surface area (Å²) in [6.45, 7) is 6.80. The molecule has 156 valence electrons. The SMILES string of the molecule is CCc1ccc(C2CNCCN2C(=O)Cn2c(C)nc3ccccc32)cc1.Cl.Cl. The number of carbonyl (C=O) groups is 1.